The number of hydrogen-bond acceptors (Lipinski definition) is 3. The van der Waals surface area contributed by atoms with Gasteiger partial charge in [-0.3, -0.25) is 9.59 Å². The van der Waals surface area contributed by atoms with E-state index in [0.29, 0.717) is 0 Å². The van der Waals surface area contributed by atoms with E-state index in [1.807, 2.05) is 31.2 Å². The van der Waals surface area contributed by atoms with Crippen LogP contribution in [-0.2, 0) is 9.59 Å². The Morgan fingerprint density at radius 3 is 2.50 bits per heavy atom. The average molecular weight is 319 g/mol. The molecule has 2 heterocycles. The molecule has 1 N–H and O–H groups in total. The average Bonchev–Trinajstić information content (AvgIpc) is 3.30. The lowest BCUT2D eigenvalue weighted by Crippen LogP contribution is -2.28. The fourth-order valence-electron chi connectivity index (χ4n) is 4.58. The zero-order valence-electron chi connectivity index (χ0n) is 13.3. The van der Waals surface area contributed by atoms with Crippen molar-refractivity contribution in [2.45, 2.75) is 13.3 Å². The molecule has 1 aromatic carbocycles. The van der Waals surface area contributed by atoms with Crippen LogP contribution < -0.4 is 0 Å². The molecule has 5 heteroatoms. The van der Waals surface area contributed by atoms with Crippen molar-refractivity contribution in [1.82, 2.24) is 9.99 Å². The van der Waals surface area contributed by atoms with Gasteiger partial charge in [0.25, 0.3) is 11.8 Å². The Morgan fingerprint density at radius 2 is 1.79 bits per heavy atom. The Kier molecular flexibility index (Phi) is 2.66. The lowest BCUT2D eigenvalue weighted by atomic mass is 9.85. The highest BCUT2D eigenvalue weighted by Gasteiger charge is 2.59. The number of aromatic nitrogens is 1. The number of aromatic amines is 1. The summed E-state index contributed by atoms with van der Waals surface area (Å²) in [6.07, 6.45) is 6.76. The van der Waals surface area contributed by atoms with Crippen LogP contribution in [0.2, 0.25) is 0 Å². The molecule has 120 valence electrons. The minimum Gasteiger partial charge on any atom is -0.358 e. The molecular weight excluding hydrogens is 302 g/mol. The fraction of sp³-hybridized carbons (Fsp3) is 0.316. The van der Waals surface area contributed by atoms with Gasteiger partial charge in [-0.05, 0) is 31.2 Å². The molecule has 2 aromatic rings. The Balaban J connectivity index is 1.50. The SMILES string of the molecule is Cc1[nH]c2ccccc2c1/C=N\N1C(=O)[C@@H]2[C@@H](C1=O)[C@H]1C=C[C@H]2C1. The van der Waals surface area contributed by atoms with E-state index in [0.717, 1.165) is 33.6 Å². The van der Waals surface area contributed by atoms with Crippen molar-refractivity contribution < 1.29 is 9.59 Å². The number of nitrogens with one attached hydrogen (secondary N) is 1. The molecule has 2 fully saturated rings. The summed E-state index contributed by atoms with van der Waals surface area (Å²) in [6, 6.07) is 7.94. The first-order valence-electron chi connectivity index (χ1n) is 8.32. The van der Waals surface area contributed by atoms with Gasteiger partial charge in [-0.2, -0.15) is 10.1 Å². The standard InChI is InChI=1S/C19H17N3O2/c1-10-14(13-4-2-3-5-15(13)21-10)9-20-22-18(23)16-11-6-7-12(8-11)17(16)19(22)24/h2-7,9,11-12,16-17,21H,8H2,1H3/b20-9-/t11-,12-,16-,17-/m0/s1. The van der Waals surface area contributed by atoms with Crippen molar-refractivity contribution in [3.63, 3.8) is 0 Å². The third kappa shape index (κ3) is 1.67. The number of fused-ring (bicyclic) bond motifs is 6. The van der Waals surface area contributed by atoms with Gasteiger partial charge in [-0.25, -0.2) is 0 Å². The molecule has 2 bridgehead atoms. The van der Waals surface area contributed by atoms with Crippen molar-refractivity contribution in [1.29, 1.82) is 0 Å². The number of aryl methyl sites for hydroxylation is 1. The highest BCUT2D eigenvalue weighted by molar-refractivity contribution is 6.08. The Morgan fingerprint density at radius 1 is 1.12 bits per heavy atom. The van der Waals surface area contributed by atoms with Gasteiger partial charge in [0.2, 0.25) is 0 Å². The van der Waals surface area contributed by atoms with Crippen LogP contribution in [0.5, 0.6) is 0 Å². The number of para-hydroxylation sites is 1. The molecule has 1 saturated heterocycles. The van der Waals surface area contributed by atoms with Crippen molar-refractivity contribution in [2.24, 2.45) is 28.8 Å². The summed E-state index contributed by atoms with van der Waals surface area (Å²) in [5.41, 5.74) is 2.92. The van der Waals surface area contributed by atoms with Crippen molar-refractivity contribution in [3.05, 3.63) is 47.7 Å². The number of H-pyrrole nitrogens is 1. The molecule has 5 nitrogen and oxygen atoms in total. The fourth-order valence-corrected chi connectivity index (χ4v) is 4.58. The number of allylic oxidation sites excluding steroid dienone is 2. The van der Waals surface area contributed by atoms with Gasteiger partial charge >= 0.3 is 0 Å². The molecule has 2 amide bonds. The predicted octanol–water partition coefficient (Wildman–Crippen LogP) is 2.62. The van der Waals surface area contributed by atoms with Crippen LogP contribution in [0.3, 0.4) is 0 Å². The van der Waals surface area contributed by atoms with Crippen molar-refractivity contribution in [3.8, 4) is 0 Å². The van der Waals surface area contributed by atoms with Crippen LogP contribution >= 0.6 is 0 Å². The molecule has 2 aliphatic carbocycles. The number of imide groups is 1. The number of benzene rings is 1. The lowest BCUT2D eigenvalue weighted by Gasteiger charge is -2.13. The van der Waals surface area contributed by atoms with E-state index in [-0.39, 0.29) is 35.5 Å². The van der Waals surface area contributed by atoms with Crippen LogP contribution in [0.4, 0.5) is 0 Å². The summed E-state index contributed by atoms with van der Waals surface area (Å²) < 4.78 is 0. The molecule has 4 atom stereocenters. The van der Waals surface area contributed by atoms with Gasteiger partial charge in [0.15, 0.2) is 0 Å². The summed E-state index contributed by atoms with van der Waals surface area (Å²) in [6.45, 7) is 1.97. The van der Waals surface area contributed by atoms with Crippen LogP contribution in [0.25, 0.3) is 10.9 Å². The Hall–Kier alpha value is -2.69. The van der Waals surface area contributed by atoms with Crippen molar-refractivity contribution in [2.75, 3.05) is 0 Å². The molecule has 1 saturated carbocycles. The van der Waals surface area contributed by atoms with E-state index >= 15 is 0 Å². The van der Waals surface area contributed by atoms with E-state index in [1.165, 1.54) is 0 Å². The second-order valence-corrected chi connectivity index (χ2v) is 6.94. The number of nitrogens with zero attached hydrogens (tertiary/aromatic N) is 2. The normalized spacial score (nSPS) is 31.1. The van der Waals surface area contributed by atoms with Gasteiger partial charge in [-0.1, -0.05) is 30.4 Å². The minimum absolute atomic E-state index is 0.143. The molecule has 1 aromatic heterocycles. The van der Waals surface area contributed by atoms with Gasteiger partial charge in [0, 0.05) is 22.2 Å². The Labute approximate surface area is 139 Å². The van der Waals surface area contributed by atoms with Gasteiger partial charge < -0.3 is 4.98 Å². The molecular formula is C19H17N3O2. The van der Waals surface area contributed by atoms with Crippen LogP contribution in [-0.4, -0.2) is 28.0 Å². The maximum Gasteiger partial charge on any atom is 0.254 e. The molecule has 1 aliphatic heterocycles. The number of hydrazone groups is 1. The van der Waals surface area contributed by atoms with Gasteiger partial charge in [-0.15, -0.1) is 0 Å². The number of carbonyl (C=O) groups is 2. The van der Waals surface area contributed by atoms with Gasteiger partial charge in [0.1, 0.15) is 0 Å². The molecule has 0 spiro atoms. The summed E-state index contributed by atoms with van der Waals surface area (Å²) in [5.74, 6) is -0.258. The number of carbonyl (C=O) groups excluding carboxylic acids is 2. The highest BCUT2D eigenvalue weighted by atomic mass is 16.2. The first kappa shape index (κ1) is 13.7. The first-order valence-corrected chi connectivity index (χ1v) is 8.32. The maximum absolute atomic E-state index is 12.6. The zero-order chi connectivity index (χ0) is 16.4. The van der Waals surface area contributed by atoms with Crippen molar-refractivity contribution >= 4 is 28.9 Å². The first-order chi connectivity index (χ1) is 11.6. The van der Waals surface area contributed by atoms with Crippen LogP contribution in [0.1, 0.15) is 17.7 Å². The molecule has 3 aliphatic rings. The summed E-state index contributed by atoms with van der Waals surface area (Å²) in [7, 11) is 0. The largest absolute Gasteiger partial charge is 0.358 e. The van der Waals surface area contributed by atoms with Crippen LogP contribution in [0, 0.1) is 30.6 Å². The van der Waals surface area contributed by atoms with Gasteiger partial charge in [0.05, 0.1) is 18.1 Å². The Bertz CT molecular complexity index is 909. The maximum atomic E-state index is 12.6. The molecule has 24 heavy (non-hydrogen) atoms. The smallest absolute Gasteiger partial charge is 0.254 e. The summed E-state index contributed by atoms with van der Waals surface area (Å²) in [5, 5.41) is 6.42. The summed E-state index contributed by atoms with van der Waals surface area (Å²) in [4.78, 5) is 28.6. The quantitative estimate of drug-likeness (QED) is 0.525. The second kappa shape index (κ2) is 4.66. The number of amides is 2. The molecule has 0 unspecified atom stereocenters. The van der Waals surface area contributed by atoms with Crippen LogP contribution in [0.15, 0.2) is 41.5 Å². The van der Waals surface area contributed by atoms with E-state index in [2.05, 4.69) is 22.2 Å². The monoisotopic (exact) mass is 319 g/mol. The molecule has 0 radical (unpaired) electrons. The van der Waals surface area contributed by atoms with E-state index in [4.69, 9.17) is 0 Å². The number of hydrogen-bond donors (Lipinski definition) is 1. The zero-order valence-corrected chi connectivity index (χ0v) is 13.3. The molecule has 5 rings (SSSR count). The minimum atomic E-state index is -0.200. The lowest BCUT2D eigenvalue weighted by molar-refractivity contribution is -0.140. The third-order valence-corrected chi connectivity index (χ3v) is 5.69. The predicted molar refractivity (Wildman–Crippen MR) is 90.2 cm³/mol. The third-order valence-electron chi connectivity index (χ3n) is 5.69. The van der Waals surface area contributed by atoms with E-state index in [9.17, 15) is 9.59 Å². The second-order valence-electron chi connectivity index (χ2n) is 6.94. The summed E-state index contributed by atoms with van der Waals surface area (Å²) >= 11 is 0. The van der Waals surface area contributed by atoms with E-state index < -0.39 is 0 Å². The number of rotatable bonds is 2. The topological polar surface area (TPSA) is 65.5 Å². The highest BCUT2D eigenvalue weighted by Crippen LogP contribution is 2.52. The van der Waals surface area contributed by atoms with E-state index in [1.54, 1.807) is 6.21 Å².